The Kier molecular flexibility index (Phi) is 6.42. The molecule has 0 aliphatic rings. The van der Waals surface area contributed by atoms with E-state index in [0.29, 0.717) is 29.7 Å². The van der Waals surface area contributed by atoms with Crippen molar-refractivity contribution in [3.8, 4) is 11.5 Å². The molecule has 0 bridgehead atoms. The van der Waals surface area contributed by atoms with Crippen LogP contribution >= 0.6 is 27.5 Å². The molecule has 3 aromatic carbocycles. The number of anilines is 1. The highest BCUT2D eigenvalue weighted by Crippen LogP contribution is 2.35. The van der Waals surface area contributed by atoms with Crippen LogP contribution in [-0.4, -0.2) is 7.11 Å². The summed E-state index contributed by atoms with van der Waals surface area (Å²) in [5.74, 6) is 1.33. The molecule has 26 heavy (non-hydrogen) atoms. The predicted molar refractivity (Wildman–Crippen MR) is 110 cm³/mol. The lowest BCUT2D eigenvalue weighted by Gasteiger charge is -2.17. The van der Waals surface area contributed by atoms with Gasteiger partial charge in [-0.25, -0.2) is 0 Å². The number of ether oxygens (including phenoxy) is 2. The average Bonchev–Trinajstić information content (AvgIpc) is 2.67. The van der Waals surface area contributed by atoms with Crippen molar-refractivity contribution in [2.24, 2.45) is 0 Å². The summed E-state index contributed by atoms with van der Waals surface area (Å²) in [6, 6.07) is 21.7. The van der Waals surface area contributed by atoms with Crippen molar-refractivity contribution in [2.45, 2.75) is 13.2 Å². The van der Waals surface area contributed by atoms with Crippen LogP contribution in [-0.2, 0) is 13.2 Å². The second-order valence-electron chi connectivity index (χ2n) is 5.73. The average molecular weight is 433 g/mol. The highest BCUT2D eigenvalue weighted by Gasteiger charge is 2.13. The van der Waals surface area contributed by atoms with Crippen molar-refractivity contribution in [1.29, 1.82) is 0 Å². The largest absolute Gasteiger partial charge is 0.493 e. The summed E-state index contributed by atoms with van der Waals surface area (Å²) >= 11 is 9.69. The van der Waals surface area contributed by atoms with Crippen LogP contribution in [0.15, 0.2) is 71.2 Å². The van der Waals surface area contributed by atoms with Gasteiger partial charge in [-0.05, 0) is 35.9 Å². The highest BCUT2D eigenvalue weighted by atomic mass is 79.9. The van der Waals surface area contributed by atoms with Gasteiger partial charge in [0.1, 0.15) is 6.61 Å². The van der Waals surface area contributed by atoms with Gasteiger partial charge in [0.05, 0.1) is 7.11 Å². The summed E-state index contributed by atoms with van der Waals surface area (Å²) in [5, 5.41) is 4.00. The minimum absolute atomic E-state index is 0.462. The normalized spacial score (nSPS) is 10.4. The molecule has 3 aromatic rings. The van der Waals surface area contributed by atoms with Crippen LogP contribution in [0.4, 0.5) is 5.69 Å². The zero-order valence-electron chi connectivity index (χ0n) is 14.3. The van der Waals surface area contributed by atoms with Gasteiger partial charge in [0.15, 0.2) is 11.5 Å². The van der Waals surface area contributed by atoms with Crippen molar-refractivity contribution in [2.75, 3.05) is 12.4 Å². The van der Waals surface area contributed by atoms with E-state index >= 15 is 0 Å². The van der Waals surface area contributed by atoms with Crippen molar-refractivity contribution >= 4 is 33.2 Å². The van der Waals surface area contributed by atoms with Gasteiger partial charge >= 0.3 is 0 Å². The number of methoxy groups -OCH3 is 1. The first-order chi connectivity index (χ1) is 12.7. The molecule has 0 aliphatic carbocycles. The second kappa shape index (κ2) is 8.97. The third kappa shape index (κ3) is 4.93. The first kappa shape index (κ1) is 18.6. The van der Waals surface area contributed by atoms with E-state index in [0.717, 1.165) is 21.3 Å². The third-order valence-electron chi connectivity index (χ3n) is 3.87. The fraction of sp³-hybridized carbons (Fsp3) is 0.143. The molecule has 0 atom stereocenters. The molecule has 0 radical (unpaired) electrons. The van der Waals surface area contributed by atoms with E-state index in [1.54, 1.807) is 13.2 Å². The van der Waals surface area contributed by atoms with Crippen LogP contribution in [0.1, 0.15) is 11.1 Å². The van der Waals surface area contributed by atoms with Crippen molar-refractivity contribution in [3.05, 3.63) is 87.4 Å². The first-order valence-corrected chi connectivity index (χ1v) is 9.35. The topological polar surface area (TPSA) is 30.5 Å². The maximum Gasteiger partial charge on any atom is 0.166 e. The molecule has 1 N–H and O–H groups in total. The van der Waals surface area contributed by atoms with E-state index < -0.39 is 0 Å². The third-order valence-corrected chi connectivity index (χ3v) is 4.62. The lowest BCUT2D eigenvalue weighted by molar-refractivity contribution is 0.281. The van der Waals surface area contributed by atoms with Gasteiger partial charge < -0.3 is 14.8 Å². The van der Waals surface area contributed by atoms with E-state index in [1.165, 1.54) is 0 Å². The molecule has 0 heterocycles. The Morgan fingerprint density at radius 2 is 1.73 bits per heavy atom. The number of hydrogen-bond acceptors (Lipinski definition) is 3. The second-order valence-corrected chi connectivity index (χ2v) is 7.08. The molecule has 134 valence electrons. The van der Waals surface area contributed by atoms with Crippen LogP contribution in [0, 0.1) is 0 Å². The van der Waals surface area contributed by atoms with E-state index in [-0.39, 0.29) is 0 Å². The predicted octanol–water partition coefficient (Wildman–Crippen LogP) is 6.30. The van der Waals surface area contributed by atoms with Crippen molar-refractivity contribution in [1.82, 2.24) is 0 Å². The van der Waals surface area contributed by atoms with Gasteiger partial charge in [0.25, 0.3) is 0 Å². The number of rotatable bonds is 7. The molecule has 3 rings (SSSR count). The van der Waals surface area contributed by atoms with Crippen molar-refractivity contribution < 1.29 is 9.47 Å². The maximum absolute atomic E-state index is 6.25. The standard InChI is InChI=1S/C21H19BrClNO2/c1-25-20-12-18(23)11-16(13-24-19-9-7-17(22)8-10-19)21(20)26-14-15-5-3-2-4-6-15/h2-12,24H,13-14H2,1H3. The van der Waals surface area contributed by atoms with Gasteiger partial charge in [-0.3, -0.25) is 0 Å². The minimum atomic E-state index is 0.462. The van der Waals surface area contributed by atoms with Crippen LogP contribution in [0.3, 0.4) is 0 Å². The fourth-order valence-electron chi connectivity index (χ4n) is 2.56. The van der Waals surface area contributed by atoms with E-state index in [1.807, 2.05) is 60.7 Å². The Labute approximate surface area is 167 Å². The zero-order chi connectivity index (χ0) is 18.4. The molecule has 0 unspecified atom stereocenters. The summed E-state index contributed by atoms with van der Waals surface area (Å²) in [4.78, 5) is 0. The quantitative estimate of drug-likeness (QED) is 0.475. The molecule has 3 nitrogen and oxygen atoms in total. The van der Waals surface area contributed by atoms with Gasteiger partial charge in [-0.2, -0.15) is 0 Å². The Bertz CT molecular complexity index is 854. The maximum atomic E-state index is 6.25. The first-order valence-electron chi connectivity index (χ1n) is 8.18. The molecule has 0 saturated carbocycles. The Hall–Kier alpha value is -2.17. The molecule has 0 aromatic heterocycles. The summed E-state index contributed by atoms with van der Waals surface area (Å²) in [6.07, 6.45) is 0. The molecule has 0 aliphatic heterocycles. The number of halogens is 2. The molecule has 5 heteroatoms. The zero-order valence-corrected chi connectivity index (χ0v) is 16.7. The summed E-state index contributed by atoms with van der Waals surface area (Å²) in [5.41, 5.74) is 3.05. The minimum Gasteiger partial charge on any atom is -0.493 e. The SMILES string of the molecule is COc1cc(Cl)cc(CNc2ccc(Br)cc2)c1OCc1ccccc1. The number of nitrogens with one attached hydrogen (secondary N) is 1. The molecule has 0 saturated heterocycles. The van der Waals surface area contributed by atoms with Crippen LogP contribution in [0.2, 0.25) is 5.02 Å². The van der Waals surface area contributed by atoms with Crippen LogP contribution < -0.4 is 14.8 Å². The lowest BCUT2D eigenvalue weighted by Crippen LogP contribution is -2.05. The van der Waals surface area contributed by atoms with Gasteiger partial charge in [-0.1, -0.05) is 57.9 Å². The van der Waals surface area contributed by atoms with E-state index in [2.05, 4.69) is 21.2 Å². The van der Waals surface area contributed by atoms with E-state index in [9.17, 15) is 0 Å². The summed E-state index contributed by atoms with van der Waals surface area (Å²) < 4.78 is 12.6. The van der Waals surface area contributed by atoms with Gasteiger partial charge in [0.2, 0.25) is 0 Å². The van der Waals surface area contributed by atoms with Crippen LogP contribution in [0.25, 0.3) is 0 Å². The Morgan fingerprint density at radius 1 is 1.00 bits per heavy atom. The van der Waals surface area contributed by atoms with E-state index in [4.69, 9.17) is 21.1 Å². The smallest absolute Gasteiger partial charge is 0.166 e. The Morgan fingerprint density at radius 3 is 2.42 bits per heavy atom. The lowest BCUT2D eigenvalue weighted by atomic mass is 10.1. The number of hydrogen-bond donors (Lipinski definition) is 1. The monoisotopic (exact) mass is 431 g/mol. The number of benzene rings is 3. The molecular weight excluding hydrogens is 414 g/mol. The Balaban J connectivity index is 1.80. The summed E-state index contributed by atoms with van der Waals surface area (Å²) in [6.45, 7) is 1.03. The van der Waals surface area contributed by atoms with Gasteiger partial charge in [-0.15, -0.1) is 0 Å². The van der Waals surface area contributed by atoms with Crippen LogP contribution in [0.5, 0.6) is 11.5 Å². The fourth-order valence-corrected chi connectivity index (χ4v) is 3.06. The molecular formula is C21H19BrClNO2. The molecule has 0 amide bonds. The highest BCUT2D eigenvalue weighted by molar-refractivity contribution is 9.10. The molecule has 0 spiro atoms. The summed E-state index contributed by atoms with van der Waals surface area (Å²) in [7, 11) is 1.62. The van der Waals surface area contributed by atoms with Gasteiger partial charge in [0, 0.05) is 33.4 Å². The molecule has 0 fully saturated rings. The van der Waals surface area contributed by atoms with Crippen molar-refractivity contribution in [3.63, 3.8) is 0 Å².